The van der Waals surface area contributed by atoms with E-state index >= 15 is 0 Å². The number of fused-ring (bicyclic) bond motifs is 1. The summed E-state index contributed by atoms with van der Waals surface area (Å²) in [4.78, 5) is 43.1. The average Bonchev–Trinajstić information content (AvgIpc) is 2.86. The minimum Gasteiger partial charge on any atom is -0.481 e. The van der Waals surface area contributed by atoms with Crippen molar-refractivity contribution in [2.75, 3.05) is 12.4 Å². The van der Waals surface area contributed by atoms with E-state index in [2.05, 4.69) is 10.3 Å². The molecule has 0 aliphatic carbocycles. The molecule has 9 heteroatoms. The molecule has 0 bridgehead atoms. The number of pyridine rings is 2. The molecule has 0 spiro atoms. The molecule has 0 unspecified atom stereocenters. The third-order valence-corrected chi connectivity index (χ3v) is 5.17. The number of hydrogen-bond acceptors (Lipinski definition) is 5. The van der Waals surface area contributed by atoms with E-state index in [9.17, 15) is 23.2 Å². The number of anilines is 1. The quantitative estimate of drug-likeness (QED) is 0.420. The molecule has 2 heterocycles. The van der Waals surface area contributed by atoms with Crippen LogP contribution in [0, 0.1) is 5.82 Å². The largest absolute Gasteiger partial charge is 0.481 e. The molecule has 1 amide bonds. The van der Waals surface area contributed by atoms with E-state index in [0.717, 1.165) is 12.1 Å². The fraction of sp³-hybridized carbons (Fsp3) is 0.120. The summed E-state index contributed by atoms with van der Waals surface area (Å²) in [6.45, 7) is -0.849. The van der Waals surface area contributed by atoms with Crippen LogP contribution < -0.4 is 15.5 Å². The van der Waals surface area contributed by atoms with E-state index < -0.39 is 29.6 Å². The first-order chi connectivity index (χ1) is 16.4. The Bertz CT molecular complexity index is 1430. The Kier molecular flexibility index (Phi) is 6.44. The lowest BCUT2D eigenvalue weighted by Crippen LogP contribution is -2.24. The Morgan fingerprint density at radius 3 is 2.38 bits per heavy atom. The number of hydrogen-bond donors (Lipinski definition) is 1. The molecule has 34 heavy (non-hydrogen) atoms. The van der Waals surface area contributed by atoms with E-state index in [0.29, 0.717) is 16.8 Å². The predicted molar refractivity (Wildman–Crippen MR) is 122 cm³/mol. The van der Waals surface area contributed by atoms with Gasteiger partial charge in [-0.25, -0.2) is 13.8 Å². The van der Waals surface area contributed by atoms with E-state index in [1.165, 1.54) is 36.1 Å². The van der Waals surface area contributed by atoms with Gasteiger partial charge in [-0.3, -0.25) is 14.4 Å². The fourth-order valence-electron chi connectivity index (χ4n) is 3.44. The Morgan fingerprint density at radius 1 is 1.03 bits per heavy atom. The number of benzene rings is 2. The van der Waals surface area contributed by atoms with Crippen LogP contribution in [0.3, 0.4) is 0 Å². The van der Waals surface area contributed by atoms with Crippen molar-refractivity contribution >= 4 is 28.4 Å². The monoisotopic (exact) mass is 463 g/mol. The molecule has 172 valence electrons. The van der Waals surface area contributed by atoms with Crippen LogP contribution in [-0.4, -0.2) is 28.4 Å². The number of aromatic nitrogens is 2. The Balaban J connectivity index is 1.74. The first-order valence-electron chi connectivity index (χ1n) is 10.2. The van der Waals surface area contributed by atoms with Gasteiger partial charge in [0.1, 0.15) is 24.6 Å². The zero-order chi connectivity index (χ0) is 24.2. The minimum absolute atomic E-state index is 0.0487. The maximum atomic E-state index is 13.3. The average molecular weight is 463 g/mol. The summed E-state index contributed by atoms with van der Waals surface area (Å²) >= 11 is 0. The van der Waals surface area contributed by atoms with Crippen LogP contribution in [0.4, 0.5) is 14.5 Å². The summed E-state index contributed by atoms with van der Waals surface area (Å²) in [6.07, 6.45) is 1.29. The molecule has 4 rings (SSSR count). The predicted octanol–water partition coefficient (Wildman–Crippen LogP) is 3.88. The number of halogens is 2. The SMILES string of the molecule is COc1ccc2c(n1)c(=O)c(C(=O)c1ccc(F)cc1)cn2CC(=O)Nc1ccc(CF)cc1. The van der Waals surface area contributed by atoms with Crippen LogP contribution in [0.1, 0.15) is 21.5 Å². The standard InChI is InChI=1S/C25H19F2N3O4/c1-34-22-11-10-20-23(29-22)25(33)19(24(32)16-4-6-17(27)7-5-16)13-30(20)14-21(31)28-18-8-2-15(12-26)3-9-18/h2-11,13H,12,14H2,1H3,(H,28,31). The molecule has 0 aliphatic rings. The minimum atomic E-state index is -0.637. The summed E-state index contributed by atoms with van der Waals surface area (Å²) in [6, 6.07) is 14.2. The van der Waals surface area contributed by atoms with Gasteiger partial charge in [-0.1, -0.05) is 12.1 Å². The lowest BCUT2D eigenvalue weighted by molar-refractivity contribution is -0.116. The first-order valence-corrected chi connectivity index (χ1v) is 10.2. The topological polar surface area (TPSA) is 90.3 Å². The smallest absolute Gasteiger partial charge is 0.244 e. The molecule has 1 N–H and O–H groups in total. The molecular weight excluding hydrogens is 444 g/mol. The first kappa shape index (κ1) is 22.8. The van der Waals surface area contributed by atoms with Crippen molar-refractivity contribution in [1.29, 1.82) is 0 Å². The zero-order valence-electron chi connectivity index (χ0n) is 18.0. The fourth-order valence-corrected chi connectivity index (χ4v) is 3.44. The van der Waals surface area contributed by atoms with Crippen LogP contribution in [0.25, 0.3) is 11.0 Å². The van der Waals surface area contributed by atoms with Crippen molar-refractivity contribution in [3.63, 3.8) is 0 Å². The summed E-state index contributed by atoms with van der Waals surface area (Å²) in [5.74, 6) is -1.42. The number of nitrogens with one attached hydrogen (secondary N) is 1. The second kappa shape index (κ2) is 9.62. The number of alkyl halides is 1. The third-order valence-electron chi connectivity index (χ3n) is 5.17. The normalized spacial score (nSPS) is 10.8. The van der Waals surface area contributed by atoms with Crippen molar-refractivity contribution in [1.82, 2.24) is 9.55 Å². The van der Waals surface area contributed by atoms with Gasteiger partial charge in [-0.05, 0) is 48.0 Å². The highest BCUT2D eigenvalue weighted by atomic mass is 19.1. The van der Waals surface area contributed by atoms with Crippen molar-refractivity contribution < 1.29 is 23.1 Å². The number of ether oxygens (including phenoxy) is 1. The summed E-state index contributed by atoms with van der Waals surface area (Å²) in [5.41, 5.74) is 0.478. The lowest BCUT2D eigenvalue weighted by Gasteiger charge is -2.14. The molecular formula is C25H19F2N3O4. The van der Waals surface area contributed by atoms with Gasteiger partial charge in [-0.2, -0.15) is 0 Å². The van der Waals surface area contributed by atoms with E-state index in [4.69, 9.17) is 4.74 Å². The van der Waals surface area contributed by atoms with Gasteiger partial charge >= 0.3 is 0 Å². The molecule has 0 saturated heterocycles. The maximum Gasteiger partial charge on any atom is 0.244 e. The lowest BCUT2D eigenvalue weighted by atomic mass is 10.0. The van der Waals surface area contributed by atoms with Crippen LogP contribution in [0.15, 0.2) is 71.7 Å². The van der Waals surface area contributed by atoms with Crippen molar-refractivity contribution in [3.05, 3.63) is 99.6 Å². The molecule has 4 aromatic rings. The molecule has 2 aromatic heterocycles. The highest BCUT2D eigenvalue weighted by molar-refractivity contribution is 6.10. The molecule has 0 aliphatic heterocycles. The number of carbonyl (C=O) groups is 2. The highest BCUT2D eigenvalue weighted by Crippen LogP contribution is 2.18. The van der Waals surface area contributed by atoms with Crippen LogP contribution >= 0.6 is 0 Å². The second-order valence-corrected chi connectivity index (χ2v) is 7.44. The van der Waals surface area contributed by atoms with Crippen LogP contribution in [-0.2, 0) is 18.0 Å². The van der Waals surface area contributed by atoms with Crippen LogP contribution in [0.2, 0.25) is 0 Å². The Labute approximate surface area is 192 Å². The van der Waals surface area contributed by atoms with Crippen molar-refractivity contribution in [2.45, 2.75) is 13.2 Å². The zero-order valence-corrected chi connectivity index (χ0v) is 18.0. The number of carbonyl (C=O) groups excluding carboxylic acids is 2. The number of nitrogens with zero attached hydrogens (tertiary/aromatic N) is 2. The molecule has 0 radical (unpaired) electrons. The maximum absolute atomic E-state index is 13.3. The Morgan fingerprint density at radius 2 is 1.74 bits per heavy atom. The summed E-state index contributed by atoms with van der Waals surface area (Å²) in [7, 11) is 1.39. The molecule has 0 atom stereocenters. The highest BCUT2D eigenvalue weighted by Gasteiger charge is 2.20. The van der Waals surface area contributed by atoms with Gasteiger partial charge < -0.3 is 14.6 Å². The number of methoxy groups -OCH3 is 1. The van der Waals surface area contributed by atoms with E-state index in [-0.39, 0.29) is 29.1 Å². The van der Waals surface area contributed by atoms with Gasteiger partial charge in [0.05, 0.1) is 18.2 Å². The third kappa shape index (κ3) is 4.68. The number of amides is 1. The van der Waals surface area contributed by atoms with Gasteiger partial charge in [0.15, 0.2) is 5.78 Å². The van der Waals surface area contributed by atoms with Crippen LogP contribution in [0.5, 0.6) is 5.88 Å². The van der Waals surface area contributed by atoms with Gasteiger partial charge in [0.25, 0.3) is 0 Å². The molecule has 0 fully saturated rings. The number of rotatable bonds is 7. The van der Waals surface area contributed by atoms with Gasteiger partial charge in [0, 0.05) is 23.5 Å². The summed E-state index contributed by atoms with van der Waals surface area (Å²) < 4.78 is 32.5. The number of ketones is 1. The van der Waals surface area contributed by atoms with Crippen molar-refractivity contribution in [3.8, 4) is 5.88 Å². The van der Waals surface area contributed by atoms with E-state index in [1.807, 2.05) is 0 Å². The summed E-state index contributed by atoms with van der Waals surface area (Å²) in [5, 5.41) is 2.70. The van der Waals surface area contributed by atoms with E-state index in [1.54, 1.807) is 30.3 Å². The second-order valence-electron chi connectivity index (χ2n) is 7.44. The van der Waals surface area contributed by atoms with Gasteiger partial charge in [-0.15, -0.1) is 0 Å². The molecule has 2 aromatic carbocycles. The Hall–Kier alpha value is -4.40. The van der Waals surface area contributed by atoms with Gasteiger partial charge in [0.2, 0.25) is 17.2 Å². The van der Waals surface area contributed by atoms with Crippen molar-refractivity contribution in [2.24, 2.45) is 0 Å². The molecule has 7 nitrogen and oxygen atoms in total. The molecule has 0 saturated carbocycles.